The Morgan fingerprint density at radius 2 is 1.24 bits per heavy atom. The molecule has 0 spiro atoms. The summed E-state index contributed by atoms with van der Waals surface area (Å²) in [5.74, 6) is 2.50. The van der Waals surface area contributed by atoms with Gasteiger partial charge in [0.1, 0.15) is 44.8 Å². The SMILES string of the molecule is [B]c1c([B])c([B])c(N2c3cccc4c3B(c3ccc(C56CC7CC(CC(C7)C5)C6)cc3N4c3cccc4c3oc3ccccc34)c3sc4ccc(C(C)(C)C)cc4c32)c([B])c1[B]. The summed E-state index contributed by atoms with van der Waals surface area (Å²) in [5.41, 5.74) is 14.2. The Morgan fingerprint density at radius 3 is 1.95 bits per heavy atom. The monoisotopic (exact) mass is 806 g/mol. The topological polar surface area (TPSA) is 19.6 Å². The maximum absolute atomic E-state index is 7.06. The first-order chi connectivity index (χ1) is 29.9. The molecular formula is C52H40B6N2OS. The smallest absolute Gasteiger partial charge is 0.264 e. The first-order valence-electron chi connectivity index (χ1n) is 22.2. The summed E-state index contributed by atoms with van der Waals surface area (Å²) in [7, 11) is 34.0. The van der Waals surface area contributed by atoms with Crippen molar-refractivity contribution in [2.45, 2.75) is 70.1 Å². The largest absolute Gasteiger partial charge is 0.454 e. The fourth-order valence-electron chi connectivity index (χ4n) is 13.2. The highest BCUT2D eigenvalue weighted by Gasteiger charge is 2.53. The molecule has 4 heterocycles. The lowest BCUT2D eigenvalue weighted by molar-refractivity contribution is -0.00516. The summed E-state index contributed by atoms with van der Waals surface area (Å²) in [6, 6.07) is 36.1. The summed E-state index contributed by atoms with van der Waals surface area (Å²) in [4.78, 5) is 4.73. The van der Waals surface area contributed by atoms with Crippen LogP contribution in [0, 0.1) is 17.8 Å². The molecule has 4 bridgehead atoms. The third kappa shape index (κ3) is 5.02. The standard InChI is InChI=1S/C52H40B6N2OS/c1-51(2,3)29-15-17-40-33(21-29)47-50(62-40)58-34-16-14-30(52-23-26-18-27(24-52)20-28(19-26)25-52)22-38(34)59(37-12-6-9-32-31-8-4-5-13-39(31)61-49(32)37)35-10-7-11-36(46(35)58)60(47)48-44(56)42(54)41(53)43(55)45(48)57/h4-17,21-22,26-28H,18-20,23-25H2,1-3H3. The molecule has 10 heteroatoms. The summed E-state index contributed by atoms with van der Waals surface area (Å²) < 4.78 is 9.28. The van der Waals surface area contributed by atoms with Crippen LogP contribution in [-0.2, 0) is 10.8 Å². The summed E-state index contributed by atoms with van der Waals surface area (Å²) in [5, 5.41) is 3.35. The number of furan rings is 1. The van der Waals surface area contributed by atoms with E-state index >= 15 is 0 Å². The van der Waals surface area contributed by atoms with Crippen LogP contribution in [-0.4, -0.2) is 45.9 Å². The number of thiophene rings is 1. The number of nitrogens with zero attached hydrogens (tertiary/aromatic N) is 2. The third-order valence-electron chi connectivity index (χ3n) is 15.6. The van der Waals surface area contributed by atoms with E-state index in [2.05, 4.69) is 122 Å². The quantitative estimate of drug-likeness (QED) is 0.188. The van der Waals surface area contributed by atoms with E-state index in [0.29, 0.717) is 16.6 Å². The first-order valence-corrected chi connectivity index (χ1v) is 23.1. The molecule has 0 N–H and O–H groups in total. The molecule has 10 radical (unpaired) electrons. The van der Waals surface area contributed by atoms with E-state index in [9.17, 15) is 0 Å². The molecule has 6 aliphatic rings. The van der Waals surface area contributed by atoms with Crippen molar-refractivity contribution in [3.8, 4) is 0 Å². The van der Waals surface area contributed by atoms with Crippen LogP contribution in [0.3, 0.4) is 0 Å². The van der Waals surface area contributed by atoms with Crippen molar-refractivity contribution in [1.82, 2.24) is 0 Å². The van der Waals surface area contributed by atoms with Crippen LogP contribution < -0.4 is 52.8 Å². The lowest BCUT2D eigenvalue weighted by Crippen LogP contribution is -2.62. The normalized spacial score (nSPS) is 22.2. The lowest BCUT2D eigenvalue weighted by atomic mass is 9.36. The molecule has 2 aliphatic heterocycles. The number of hydrogen-bond donors (Lipinski definition) is 0. The van der Waals surface area contributed by atoms with Crippen molar-refractivity contribution in [3.05, 3.63) is 108 Å². The van der Waals surface area contributed by atoms with Crippen LogP contribution in [0.4, 0.5) is 34.1 Å². The Bertz CT molecular complexity index is 3210. The molecule has 62 heavy (non-hydrogen) atoms. The third-order valence-corrected chi connectivity index (χ3v) is 16.8. The predicted octanol–water partition coefficient (Wildman–Crippen LogP) is 6.62. The van der Waals surface area contributed by atoms with E-state index < -0.39 is 0 Å². The van der Waals surface area contributed by atoms with Gasteiger partial charge in [-0.3, -0.25) is 0 Å². The van der Waals surface area contributed by atoms with Gasteiger partial charge < -0.3 is 14.2 Å². The molecule has 4 saturated carbocycles. The van der Waals surface area contributed by atoms with Crippen molar-refractivity contribution >= 4 is 166 Å². The van der Waals surface area contributed by atoms with E-state index in [1.165, 1.54) is 75.7 Å². The number of anilines is 6. The van der Waals surface area contributed by atoms with Gasteiger partial charge in [-0.1, -0.05) is 86.3 Å². The highest BCUT2D eigenvalue weighted by molar-refractivity contribution is 7.33. The molecule has 4 fully saturated rings. The number of para-hydroxylation sites is 2. The van der Waals surface area contributed by atoms with Gasteiger partial charge in [0, 0.05) is 48.4 Å². The molecule has 3 nitrogen and oxygen atoms in total. The van der Waals surface area contributed by atoms with Gasteiger partial charge >= 0.3 is 0 Å². The van der Waals surface area contributed by atoms with E-state index in [1.807, 2.05) is 17.4 Å². The Morgan fingerprint density at radius 1 is 0.613 bits per heavy atom. The van der Waals surface area contributed by atoms with Crippen molar-refractivity contribution in [1.29, 1.82) is 0 Å². The van der Waals surface area contributed by atoms with E-state index in [1.54, 1.807) is 0 Å². The Hall–Kier alpha value is -4.93. The van der Waals surface area contributed by atoms with Gasteiger partial charge in [0.15, 0.2) is 5.58 Å². The zero-order valence-electron chi connectivity index (χ0n) is 35.4. The van der Waals surface area contributed by atoms with Crippen LogP contribution in [0.2, 0.25) is 0 Å². The second-order valence-corrected chi connectivity index (χ2v) is 21.3. The molecule has 8 aromatic rings. The van der Waals surface area contributed by atoms with E-state index in [0.717, 1.165) is 67.8 Å². The second kappa shape index (κ2) is 12.8. The van der Waals surface area contributed by atoms with Gasteiger partial charge in [0.25, 0.3) is 6.71 Å². The zero-order chi connectivity index (χ0) is 42.1. The number of benzene rings is 6. The van der Waals surface area contributed by atoms with Gasteiger partial charge in [-0.2, -0.15) is 0 Å². The summed E-state index contributed by atoms with van der Waals surface area (Å²) in [6.07, 6.45) is 8.11. The Labute approximate surface area is 374 Å². The second-order valence-electron chi connectivity index (χ2n) is 20.2. The first kappa shape index (κ1) is 37.6. The minimum atomic E-state index is -0.0830. The van der Waals surface area contributed by atoms with Crippen molar-refractivity contribution < 1.29 is 4.42 Å². The molecule has 0 atom stereocenters. The van der Waals surface area contributed by atoms with Gasteiger partial charge in [-0.05, 0) is 132 Å². The number of fused-ring (bicyclic) bond motifs is 9. The maximum atomic E-state index is 7.06. The molecule has 4 aliphatic carbocycles. The molecule has 14 rings (SSSR count). The van der Waals surface area contributed by atoms with Gasteiger partial charge in [0.05, 0.1) is 11.4 Å². The summed E-state index contributed by atoms with van der Waals surface area (Å²) >= 11 is 1.85. The summed E-state index contributed by atoms with van der Waals surface area (Å²) in [6.45, 7) is 6.71. The van der Waals surface area contributed by atoms with Crippen LogP contribution in [0.5, 0.6) is 0 Å². The Kier molecular flexibility index (Phi) is 7.79. The lowest BCUT2D eigenvalue weighted by Gasteiger charge is -2.57. The van der Waals surface area contributed by atoms with Gasteiger partial charge in [0.2, 0.25) is 0 Å². The molecular weight excluding hydrogens is 766 g/mol. The van der Waals surface area contributed by atoms with Gasteiger partial charge in [-0.15, -0.1) is 27.7 Å². The van der Waals surface area contributed by atoms with Crippen molar-refractivity contribution in [3.63, 3.8) is 0 Å². The molecule has 2 aromatic heterocycles. The fourth-order valence-corrected chi connectivity index (χ4v) is 14.5. The molecule has 0 amide bonds. The molecule has 0 unspecified atom stereocenters. The fraction of sp³-hybridized carbons (Fsp3) is 0.269. The van der Waals surface area contributed by atoms with Crippen molar-refractivity contribution in [2.24, 2.45) is 17.8 Å². The zero-order valence-corrected chi connectivity index (χ0v) is 36.2. The van der Waals surface area contributed by atoms with Crippen LogP contribution in [0.1, 0.15) is 70.4 Å². The molecule has 6 aromatic carbocycles. The van der Waals surface area contributed by atoms with E-state index in [-0.39, 0.29) is 33.9 Å². The van der Waals surface area contributed by atoms with Crippen LogP contribution in [0.15, 0.2) is 101 Å². The average molecular weight is 806 g/mol. The maximum Gasteiger partial charge on any atom is 0.264 e. The minimum absolute atomic E-state index is 0.0784. The number of hydrogen-bond acceptors (Lipinski definition) is 4. The van der Waals surface area contributed by atoms with Crippen molar-refractivity contribution in [2.75, 3.05) is 9.80 Å². The molecule has 288 valence electrons. The Balaban J connectivity index is 1.14. The number of rotatable bonds is 3. The van der Waals surface area contributed by atoms with E-state index in [4.69, 9.17) is 43.6 Å². The van der Waals surface area contributed by atoms with Gasteiger partial charge in [-0.25, -0.2) is 0 Å². The predicted molar refractivity (Wildman–Crippen MR) is 269 cm³/mol. The average Bonchev–Trinajstić information content (AvgIpc) is 3.83. The molecule has 0 saturated heterocycles. The minimum Gasteiger partial charge on any atom is -0.454 e. The highest BCUT2D eigenvalue weighted by Crippen LogP contribution is 2.61. The van der Waals surface area contributed by atoms with Crippen LogP contribution >= 0.6 is 11.3 Å². The van der Waals surface area contributed by atoms with Crippen LogP contribution in [0.25, 0.3) is 32.0 Å². The highest BCUT2D eigenvalue weighted by atomic mass is 32.1.